The third kappa shape index (κ3) is 3.22. The minimum absolute atomic E-state index is 0.334. The van der Waals surface area contributed by atoms with Gasteiger partial charge in [0.25, 0.3) is 0 Å². The molecule has 3 aliphatic rings. The summed E-state index contributed by atoms with van der Waals surface area (Å²) in [6.45, 7) is 3.72. The predicted octanol–water partition coefficient (Wildman–Crippen LogP) is 3.97. The van der Waals surface area contributed by atoms with E-state index in [1.165, 1.54) is 90.3 Å². The van der Waals surface area contributed by atoms with Gasteiger partial charge in [-0.05, 0) is 57.5 Å². The highest BCUT2D eigenvalue weighted by atomic mass is 16.3. The van der Waals surface area contributed by atoms with Crippen LogP contribution in [0, 0.1) is 11.8 Å². The van der Waals surface area contributed by atoms with Gasteiger partial charge in [0.05, 0.1) is 5.60 Å². The molecular weight excluding hydrogens is 246 g/mol. The molecule has 2 nitrogen and oxygen atoms in total. The molecule has 1 saturated heterocycles. The molecular formula is C18H33NO. The lowest BCUT2D eigenvalue weighted by atomic mass is 9.68. The largest absolute Gasteiger partial charge is 0.389 e. The second-order valence-corrected chi connectivity index (χ2v) is 7.63. The second kappa shape index (κ2) is 6.79. The minimum Gasteiger partial charge on any atom is -0.389 e. The molecule has 0 aromatic rings. The van der Waals surface area contributed by atoms with Crippen molar-refractivity contribution < 1.29 is 5.11 Å². The second-order valence-electron chi connectivity index (χ2n) is 7.63. The number of hydrogen-bond acceptors (Lipinski definition) is 2. The van der Waals surface area contributed by atoms with Crippen LogP contribution in [-0.4, -0.2) is 35.2 Å². The van der Waals surface area contributed by atoms with Crippen LogP contribution >= 0.6 is 0 Å². The van der Waals surface area contributed by atoms with Gasteiger partial charge < -0.3 is 10.0 Å². The predicted molar refractivity (Wildman–Crippen MR) is 83.8 cm³/mol. The molecule has 1 heterocycles. The van der Waals surface area contributed by atoms with Crippen molar-refractivity contribution in [3.05, 3.63) is 0 Å². The summed E-state index contributed by atoms with van der Waals surface area (Å²) in [5.41, 5.74) is -0.334. The molecule has 0 radical (unpaired) electrons. The Hall–Kier alpha value is -0.0800. The van der Waals surface area contributed by atoms with E-state index in [9.17, 15) is 5.11 Å². The van der Waals surface area contributed by atoms with Crippen molar-refractivity contribution in [1.82, 2.24) is 4.90 Å². The average Bonchev–Trinajstić information content (AvgIpc) is 2.92. The number of hydrogen-bond donors (Lipinski definition) is 1. The van der Waals surface area contributed by atoms with Gasteiger partial charge in [-0.1, -0.05) is 38.5 Å². The first-order valence-corrected chi connectivity index (χ1v) is 9.24. The summed E-state index contributed by atoms with van der Waals surface area (Å²) in [5.74, 6) is 1.15. The number of likely N-dealkylation sites (tertiary alicyclic amines) is 1. The molecule has 116 valence electrons. The fourth-order valence-corrected chi connectivity index (χ4v) is 5.10. The highest BCUT2D eigenvalue weighted by Crippen LogP contribution is 2.44. The zero-order valence-electron chi connectivity index (χ0n) is 13.2. The lowest BCUT2D eigenvalue weighted by Crippen LogP contribution is -2.49. The van der Waals surface area contributed by atoms with Crippen molar-refractivity contribution in [2.45, 2.75) is 82.7 Å². The van der Waals surface area contributed by atoms with Crippen molar-refractivity contribution in [1.29, 1.82) is 0 Å². The molecule has 0 amide bonds. The summed E-state index contributed by atoms with van der Waals surface area (Å²) in [6.07, 6.45) is 15.7. The van der Waals surface area contributed by atoms with Crippen molar-refractivity contribution in [3.8, 4) is 0 Å². The molecule has 1 N–H and O–H groups in total. The van der Waals surface area contributed by atoms with E-state index in [2.05, 4.69) is 4.90 Å². The van der Waals surface area contributed by atoms with Crippen LogP contribution in [0.3, 0.4) is 0 Å². The Kier molecular flexibility index (Phi) is 5.04. The SMILES string of the molecule is OC1(C2CCCCC2)CCCCCC1CN1CCCC1. The summed E-state index contributed by atoms with van der Waals surface area (Å²) in [4.78, 5) is 2.63. The molecule has 3 rings (SSSR count). The molecule has 20 heavy (non-hydrogen) atoms. The minimum atomic E-state index is -0.334. The summed E-state index contributed by atoms with van der Waals surface area (Å²) in [5, 5.41) is 11.6. The van der Waals surface area contributed by atoms with Crippen LogP contribution in [0.2, 0.25) is 0 Å². The van der Waals surface area contributed by atoms with E-state index in [4.69, 9.17) is 0 Å². The lowest BCUT2D eigenvalue weighted by Gasteiger charge is -2.44. The van der Waals surface area contributed by atoms with Crippen LogP contribution in [0.4, 0.5) is 0 Å². The zero-order chi connectivity index (χ0) is 13.8. The number of nitrogens with zero attached hydrogens (tertiary/aromatic N) is 1. The highest BCUT2D eigenvalue weighted by Gasteiger charge is 2.44. The Bertz CT molecular complexity index is 294. The van der Waals surface area contributed by atoms with Crippen LogP contribution in [0.25, 0.3) is 0 Å². The van der Waals surface area contributed by atoms with Crippen LogP contribution < -0.4 is 0 Å². The fraction of sp³-hybridized carbons (Fsp3) is 1.00. The van der Waals surface area contributed by atoms with E-state index >= 15 is 0 Å². The summed E-state index contributed by atoms with van der Waals surface area (Å²) in [7, 11) is 0. The standard InChI is InChI=1S/C18H33NO/c20-18(16-9-3-1-4-10-16)12-6-2-5-11-17(18)15-19-13-7-8-14-19/h16-17,20H,1-15H2. The molecule has 0 bridgehead atoms. The Morgan fingerprint density at radius 2 is 1.45 bits per heavy atom. The van der Waals surface area contributed by atoms with Gasteiger partial charge in [-0.3, -0.25) is 0 Å². The van der Waals surface area contributed by atoms with Crippen LogP contribution in [0.1, 0.15) is 77.0 Å². The molecule has 2 saturated carbocycles. The lowest BCUT2D eigenvalue weighted by molar-refractivity contribution is -0.0928. The van der Waals surface area contributed by atoms with Crippen molar-refractivity contribution >= 4 is 0 Å². The molecule has 0 spiro atoms. The average molecular weight is 279 g/mol. The van der Waals surface area contributed by atoms with Gasteiger partial charge in [-0.15, -0.1) is 0 Å². The number of aliphatic hydroxyl groups is 1. The molecule has 0 aromatic carbocycles. The van der Waals surface area contributed by atoms with E-state index in [1.54, 1.807) is 0 Å². The monoisotopic (exact) mass is 279 g/mol. The highest BCUT2D eigenvalue weighted by molar-refractivity contribution is 4.96. The zero-order valence-corrected chi connectivity index (χ0v) is 13.2. The van der Waals surface area contributed by atoms with Crippen molar-refractivity contribution in [3.63, 3.8) is 0 Å². The van der Waals surface area contributed by atoms with Gasteiger partial charge in [0, 0.05) is 12.5 Å². The molecule has 3 fully saturated rings. The maximum atomic E-state index is 11.6. The molecule has 2 heteroatoms. The van der Waals surface area contributed by atoms with Gasteiger partial charge in [0.2, 0.25) is 0 Å². The van der Waals surface area contributed by atoms with E-state index in [0.29, 0.717) is 11.8 Å². The maximum Gasteiger partial charge on any atom is 0.0716 e. The van der Waals surface area contributed by atoms with Crippen molar-refractivity contribution in [2.75, 3.05) is 19.6 Å². The first kappa shape index (κ1) is 14.8. The Labute approximate surface area is 124 Å². The van der Waals surface area contributed by atoms with E-state index in [1.807, 2.05) is 0 Å². The normalized spacial score (nSPS) is 38.0. The van der Waals surface area contributed by atoms with E-state index in [0.717, 1.165) is 6.42 Å². The van der Waals surface area contributed by atoms with E-state index < -0.39 is 0 Å². The Balaban J connectivity index is 1.71. The molecule has 0 aromatic heterocycles. The fourth-order valence-electron chi connectivity index (χ4n) is 5.10. The smallest absolute Gasteiger partial charge is 0.0716 e. The van der Waals surface area contributed by atoms with Gasteiger partial charge in [0.15, 0.2) is 0 Å². The van der Waals surface area contributed by atoms with Crippen LogP contribution in [0.15, 0.2) is 0 Å². The molecule has 1 aliphatic heterocycles. The van der Waals surface area contributed by atoms with Gasteiger partial charge in [-0.2, -0.15) is 0 Å². The Morgan fingerprint density at radius 1 is 0.800 bits per heavy atom. The van der Waals surface area contributed by atoms with Crippen LogP contribution in [0.5, 0.6) is 0 Å². The first-order chi connectivity index (χ1) is 9.79. The molecule has 2 unspecified atom stereocenters. The Morgan fingerprint density at radius 3 is 2.20 bits per heavy atom. The third-order valence-corrected chi connectivity index (χ3v) is 6.33. The van der Waals surface area contributed by atoms with Crippen LogP contribution in [-0.2, 0) is 0 Å². The van der Waals surface area contributed by atoms with E-state index in [-0.39, 0.29) is 5.60 Å². The van der Waals surface area contributed by atoms with Crippen molar-refractivity contribution in [2.24, 2.45) is 11.8 Å². The van der Waals surface area contributed by atoms with Gasteiger partial charge in [0.1, 0.15) is 0 Å². The first-order valence-electron chi connectivity index (χ1n) is 9.24. The van der Waals surface area contributed by atoms with Gasteiger partial charge in [-0.25, -0.2) is 0 Å². The molecule has 2 aliphatic carbocycles. The maximum absolute atomic E-state index is 11.6. The van der Waals surface area contributed by atoms with Gasteiger partial charge >= 0.3 is 0 Å². The third-order valence-electron chi connectivity index (χ3n) is 6.33. The summed E-state index contributed by atoms with van der Waals surface area (Å²) >= 11 is 0. The number of rotatable bonds is 3. The molecule has 2 atom stereocenters. The summed E-state index contributed by atoms with van der Waals surface area (Å²) in [6, 6.07) is 0. The summed E-state index contributed by atoms with van der Waals surface area (Å²) < 4.78 is 0. The topological polar surface area (TPSA) is 23.5 Å². The quantitative estimate of drug-likeness (QED) is 0.790.